The number of unbranched alkanes of at least 4 members (excludes halogenated alkanes) is 1. The molecule has 0 saturated carbocycles. The summed E-state index contributed by atoms with van der Waals surface area (Å²) in [5.74, 6) is -2.85. The normalized spacial score (nSPS) is 33.6. The van der Waals surface area contributed by atoms with Gasteiger partial charge in [0.05, 0.1) is 31.3 Å². The van der Waals surface area contributed by atoms with Crippen LogP contribution < -0.4 is 0 Å². The second-order valence-corrected chi connectivity index (χ2v) is 9.97. The zero-order chi connectivity index (χ0) is 25.3. The first-order valence-electron chi connectivity index (χ1n) is 13.0. The monoisotopic (exact) mass is 494 g/mol. The minimum atomic E-state index is -1.32. The molecule has 1 aromatic carbocycles. The van der Waals surface area contributed by atoms with Crippen molar-refractivity contribution in [3.05, 3.63) is 60.2 Å². The van der Waals surface area contributed by atoms with E-state index in [1.54, 1.807) is 4.90 Å². The van der Waals surface area contributed by atoms with Crippen LogP contribution in [0.2, 0.25) is 0 Å². The van der Waals surface area contributed by atoms with E-state index in [0.29, 0.717) is 19.5 Å². The minimum Gasteiger partial charge on any atom is -0.465 e. The van der Waals surface area contributed by atoms with Crippen LogP contribution in [0.25, 0.3) is 0 Å². The maximum atomic E-state index is 14.3. The van der Waals surface area contributed by atoms with Crippen LogP contribution in [-0.2, 0) is 23.9 Å². The summed E-state index contributed by atoms with van der Waals surface area (Å²) in [7, 11) is 0. The van der Waals surface area contributed by atoms with Crippen molar-refractivity contribution in [2.75, 3.05) is 26.3 Å². The molecule has 4 heterocycles. The molecule has 1 aromatic rings. The zero-order valence-electron chi connectivity index (χ0n) is 20.6. The van der Waals surface area contributed by atoms with E-state index in [2.05, 4.69) is 6.92 Å². The second-order valence-electron chi connectivity index (χ2n) is 9.97. The van der Waals surface area contributed by atoms with Gasteiger partial charge >= 0.3 is 5.97 Å². The molecule has 1 spiro atoms. The lowest BCUT2D eigenvalue weighted by Crippen LogP contribution is -2.56. The van der Waals surface area contributed by atoms with Crippen LogP contribution in [0.1, 0.15) is 44.2 Å². The standard InChI is InChI=1S/C28H34N2O6/c1-2-3-15-29-16-10-14-28-23(22-21(36-28)13-8-5-9-17-35-27(22)34)25(32)30(24(28)26(29)33)20(18-31)19-11-6-4-7-12-19/h4,6-8,10-14,20-24,31H,2-3,5,9,15-18H2,1H3/b13-8-/t20-,21-,22+,23+,24?,28+/m1/s1. The molecule has 0 bridgehead atoms. The average Bonchev–Trinajstić information content (AvgIpc) is 3.30. The van der Waals surface area contributed by atoms with Crippen molar-refractivity contribution in [3.63, 3.8) is 0 Å². The number of aliphatic hydroxyl groups excluding tert-OH is 1. The van der Waals surface area contributed by atoms with Crippen molar-refractivity contribution >= 4 is 17.8 Å². The summed E-state index contributed by atoms with van der Waals surface area (Å²) in [5.41, 5.74) is -0.604. The summed E-state index contributed by atoms with van der Waals surface area (Å²) in [6.07, 6.45) is 10.0. The summed E-state index contributed by atoms with van der Waals surface area (Å²) in [4.78, 5) is 44.9. The molecule has 0 aliphatic carbocycles. The van der Waals surface area contributed by atoms with Crippen LogP contribution in [0.15, 0.2) is 54.6 Å². The number of likely N-dealkylation sites (tertiary alicyclic amines) is 1. The van der Waals surface area contributed by atoms with Gasteiger partial charge in [0, 0.05) is 13.1 Å². The van der Waals surface area contributed by atoms with Gasteiger partial charge in [-0.15, -0.1) is 0 Å². The van der Waals surface area contributed by atoms with Gasteiger partial charge < -0.3 is 24.4 Å². The predicted octanol–water partition coefficient (Wildman–Crippen LogP) is 2.39. The third-order valence-electron chi connectivity index (χ3n) is 7.85. The summed E-state index contributed by atoms with van der Waals surface area (Å²) < 4.78 is 12.2. The maximum Gasteiger partial charge on any atom is 0.312 e. The van der Waals surface area contributed by atoms with E-state index in [0.717, 1.165) is 24.8 Å². The van der Waals surface area contributed by atoms with Crippen molar-refractivity contribution in [3.8, 4) is 0 Å². The van der Waals surface area contributed by atoms with Crippen LogP contribution in [0.5, 0.6) is 0 Å². The Hall–Kier alpha value is -2.97. The van der Waals surface area contributed by atoms with Gasteiger partial charge in [-0.2, -0.15) is 0 Å². The molecule has 192 valence electrons. The summed E-state index contributed by atoms with van der Waals surface area (Å²) in [6, 6.07) is 7.46. The number of benzene rings is 1. The summed E-state index contributed by atoms with van der Waals surface area (Å²) >= 11 is 0. The Morgan fingerprint density at radius 2 is 1.94 bits per heavy atom. The van der Waals surface area contributed by atoms with Gasteiger partial charge in [-0.3, -0.25) is 14.4 Å². The summed E-state index contributed by atoms with van der Waals surface area (Å²) in [6.45, 7) is 2.94. The highest BCUT2D eigenvalue weighted by Gasteiger charge is 2.72. The molecule has 5 rings (SSSR count). The number of allylic oxidation sites excluding steroid dienone is 1. The molecule has 8 nitrogen and oxygen atoms in total. The number of hydrogen-bond acceptors (Lipinski definition) is 6. The van der Waals surface area contributed by atoms with Crippen molar-refractivity contribution in [1.82, 2.24) is 9.80 Å². The number of cyclic esters (lactones) is 1. The topological polar surface area (TPSA) is 96.4 Å². The third-order valence-corrected chi connectivity index (χ3v) is 7.85. The van der Waals surface area contributed by atoms with Gasteiger partial charge in [0.1, 0.15) is 17.6 Å². The molecule has 36 heavy (non-hydrogen) atoms. The quantitative estimate of drug-likeness (QED) is 0.482. The van der Waals surface area contributed by atoms with E-state index >= 15 is 0 Å². The van der Waals surface area contributed by atoms with E-state index in [1.165, 1.54) is 4.90 Å². The first-order valence-corrected chi connectivity index (χ1v) is 13.0. The number of ether oxygens (including phenoxy) is 2. The molecule has 4 aliphatic heterocycles. The Labute approximate surface area is 211 Å². The molecule has 0 aromatic heterocycles. The van der Waals surface area contributed by atoms with Crippen LogP contribution in [0, 0.1) is 11.8 Å². The SMILES string of the molecule is CCCCN1CC=C[C@]23O[C@@H]4/C=C\CCCOC(=O)[C@@H]4[C@H]2C(=O)N([C@H](CO)c2ccccc2)C3C1=O. The Bertz CT molecular complexity index is 1060. The molecular formula is C28H34N2O6. The lowest BCUT2D eigenvalue weighted by molar-refractivity contribution is -0.156. The number of carbonyl (C=O) groups is 3. The van der Waals surface area contributed by atoms with Gasteiger partial charge in [0.25, 0.3) is 0 Å². The van der Waals surface area contributed by atoms with Crippen molar-refractivity contribution < 1.29 is 29.0 Å². The Morgan fingerprint density at radius 1 is 1.14 bits per heavy atom. The molecule has 8 heteroatoms. The minimum absolute atomic E-state index is 0.220. The van der Waals surface area contributed by atoms with Crippen molar-refractivity contribution in [2.24, 2.45) is 11.8 Å². The maximum absolute atomic E-state index is 14.3. The molecule has 1 N–H and O–H groups in total. The summed E-state index contributed by atoms with van der Waals surface area (Å²) in [5, 5.41) is 10.5. The van der Waals surface area contributed by atoms with Gasteiger partial charge in [-0.25, -0.2) is 0 Å². The smallest absolute Gasteiger partial charge is 0.312 e. The number of aliphatic hydroxyl groups is 1. The van der Waals surface area contributed by atoms with Crippen molar-refractivity contribution in [2.45, 2.75) is 56.4 Å². The Kier molecular flexibility index (Phi) is 6.99. The third kappa shape index (κ3) is 3.96. The van der Waals surface area contributed by atoms with Gasteiger partial charge in [-0.05, 0) is 24.8 Å². The van der Waals surface area contributed by atoms with Gasteiger partial charge in [-0.1, -0.05) is 68.0 Å². The van der Waals surface area contributed by atoms with E-state index < -0.39 is 41.6 Å². The van der Waals surface area contributed by atoms with Crippen LogP contribution in [-0.4, -0.2) is 76.7 Å². The lowest BCUT2D eigenvalue weighted by atomic mass is 9.78. The van der Waals surface area contributed by atoms with E-state index in [1.807, 2.05) is 54.6 Å². The van der Waals surface area contributed by atoms with E-state index in [9.17, 15) is 19.5 Å². The van der Waals surface area contributed by atoms with Crippen LogP contribution in [0.3, 0.4) is 0 Å². The molecule has 2 fully saturated rings. The first kappa shape index (κ1) is 24.7. The first-order chi connectivity index (χ1) is 17.5. The van der Waals surface area contributed by atoms with Gasteiger partial charge in [0.15, 0.2) is 0 Å². The predicted molar refractivity (Wildman–Crippen MR) is 131 cm³/mol. The van der Waals surface area contributed by atoms with Crippen LogP contribution >= 0.6 is 0 Å². The number of nitrogens with zero attached hydrogens (tertiary/aromatic N) is 2. The van der Waals surface area contributed by atoms with Gasteiger partial charge in [0.2, 0.25) is 11.8 Å². The fourth-order valence-electron chi connectivity index (χ4n) is 6.15. The molecule has 1 unspecified atom stereocenters. The number of hydrogen-bond donors (Lipinski definition) is 1. The molecule has 2 saturated heterocycles. The second kappa shape index (κ2) is 10.2. The highest BCUT2D eigenvalue weighted by Crippen LogP contribution is 2.54. The Balaban J connectivity index is 1.64. The fourth-order valence-corrected chi connectivity index (χ4v) is 6.15. The number of esters is 1. The molecule has 6 atom stereocenters. The highest BCUT2D eigenvalue weighted by atomic mass is 16.6. The fraction of sp³-hybridized carbons (Fsp3) is 0.536. The number of fused-ring (bicyclic) bond motifs is 2. The lowest BCUT2D eigenvalue weighted by Gasteiger charge is -2.38. The van der Waals surface area contributed by atoms with E-state index in [-0.39, 0.29) is 25.0 Å². The zero-order valence-corrected chi connectivity index (χ0v) is 20.6. The number of rotatable bonds is 6. The van der Waals surface area contributed by atoms with Crippen LogP contribution in [0.4, 0.5) is 0 Å². The number of carbonyl (C=O) groups excluding carboxylic acids is 3. The molecule has 0 radical (unpaired) electrons. The average molecular weight is 495 g/mol. The highest BCUT2D eigenvalue weighted by molar-refractivity contribution is 5.99. The molecule has 2 amide bonds. The van der Waals surface area contributed by atoms with E-state index in [4.69, 9.17) is 9.47 Å². The molecular weight excluding hydrogens is 460 g/mol. The largest absolute Gasteiger partial charge is 0.465 e. The molecule has 4 aliphatic rings. The van der Waals surface area contributed by atoms with Crippen molar-refractivity contribution in [1.29, 1.82) is 0 Å². The number of amides is 2. The Morgan fingerprint density at radius 3 is 2.69 bits per heavy atom.